The molecular formula is C12H23N3O3. The van der Waals surface area contributed by atoms with Gasteiger partial charge in [0.05, 0.1) is 5.41 Å². The van der Waals surface area contributed by atoms with Gasteiger partial charge >= 0.3 is 12.0 Å². The number of amides is 2. The van der Waals surface area contributed by atoms with E-state index in [4.69, 9.17) is 5.73 Å². The zero-order chi connectivity index (χ0) is 13.6. The molecule has 1 aliphatic heterocycles. The van der Waals surface area contributed by atoms with Gasteiger partial charge in [0.2, 0.25) is 0 Å². The van der Waals surface area contributed by atoms with Crippen molar-refractivity contribution in [3.8, 4) is 0 Å². The van der Waals surface area contributed by atoms with E-state index in [9.17, 15) is 14.7 Å². The van der Waals surface area contributed by atoms with Gasteiger partial charge in [0.15, 0.2) is 0 Å². The summed E-state index contributed by atoms with van der Waals surface area (Å²) in [7, 11) is 0. The average molecular weight is 257 g/mol. The van der Waals surface area contributed by atoms with Gasteiger partial charge in [0.1, 0.15) is 0 Å². The molecule has 2 amide bonds. The highest BCUT2D eigenvalue weighted by Gasteiger charge is 2.40. The maximum absolute atomic E-state index is 11.8. The Hall–Kier alpha value is -1.30. The zero-order valence-electron chi connectivity index (χ0n) is 10.9. The van der Waals surface area contributed by atoms with Gasteiger partial charge in [0, 0.05) is 19.6 Å². The van der Waals surface area contributed by atoms with Gasteiger partial charge in [-0.2, -0.15) is 0 Å². The topological polar surface area (TPSA) is 95.7 Å². The van der Waals surface area contributed by atoms with E-state index in [0.717, 1.165) is 6.42 Å². The minimum Gasteiger partial charge on any atom is -0.481 e. The molecule has 0 aromatic heterocycles. The van der Waals surface area contributed by atoms with Gasteiger partial charge in [0.25, 0.3) is 0 Å². The van der Waals surface area contributed by atoms with Crippen LogP contribution in [0.5, 0.6) is 0 Å². The molecule has 1 aliphatic rings. The van der Waals surface area contributed by atoms with Crippen molar-refractivity contribution in [2.45, 2.75) is 32.6 Å². The molecule has 6 heteroatoms. The molecule has 104 valence electrons. The Bertz CT molecular complexity index is 299. The van der Waals surface area contributed by atoms with Crippen LogP contribution in [-0.4, -0.2) is 48.2 Å². The van der Waals surface area contributed by atoms with Gasteiger partial charge in [-0.05, 0) is 32.2 Å². The lowest BCUT2D eigenvalue weighted by atomic mass is 9.76. The summed E-state index contributed by atoms with van der Waals surface area (Å²) in [4.78, 5) is 24.7. The lowest BCUT2D eigenvalue weighted by Gasteiger charge is -2.38. The molecule has 1 heterocycles. The van der Waals surface area contributed by atoms with Crippen LogP contribution < -0.4 is 11.1 Å². The number of rotatable bonds is 5. The van der Waals surface area contributed by atoms with Crippen LogP contribution >= 0.6 is 0 Å². The molecule has 0 atom stereocenters. The number of nitrogens with two attached hydrogens (primary N) is 1. The molecule has 0 saturated carbocycles. The number of likely N-dealkylation sites (tertiary alicyclic amines) is 1. The standard InChI is InChI=1S/C12H23N3O3/c1-2-12(10(16)17)4-8-15(9-5-12)11(18)14-7-3-6-13/h2-9,13H2,1H3,(H,14,18)(H,16,17). The van der Waals surface area contributed by atoms with Crippen molar-refractivity contribution in [1.82, 2.24) is 10.2 Å². The molecule has 18 heavy (non-hydrogen) atoms. The molecule has 1 saturated heterocycles. The first kappa shape index (κ1) is 14.8. The number of carbonyl (C=O) groups excluding carboxylic acids is 1. The third kappa shape index (κ3) is 3.35. The van der Waals surface area contributed by atoms with Gasteiger partial charge in [-0.15, -0.1) is 0 Å². The molecule has 0 spiro atoms. The number of carbonyl (C=O) groups is 2. The number of aliphatic carboxylic acids is 1. The zero-order valence-corrected chi connectivity index (χ0v) is 10.9. The molecule has 4 N–H and O–H groups in total. The van der Waals surface area contributed by atoms with Crippen LogP contribution in [0.1, 0.15) is 32.6 Å². The summed E-state index contributed by atoms with van der Waals surface area (Å²) in [5, 5.41) is 12.0. The Kier molecular flexibility index (Phi) is 5.40. The van der Waals surface area contributed by atoms with Crippen LogP contribution in [0.2, 0.25) is 0 Å². The van der Waals surface area contributed by atoms with Crippen LogP contribution in [0.4, 0.5) is 4.79 Å². The largest absolute Gasteiger partial charge is 0.481 e. The van der Waals surface area contributed by atoms with Crippen molar-refractivity contribution in [1.29, 1.82) is 0 Å². The fraction of sp³-hybridized carbons (Fsp3) is 0.833. The Morgan fingerprint density at radius 3 is 2.44 bits per heavy atom. The van der Waals surface area contributed by atoms with Crippen LogP contribution in [0, 0.1) is 5.41 Å². The van der Waals surface area contributed by atoms with Gasteiger partial charge in [-0.25, -0.2) is 4.79 Å². The summed E-state index contributed by atoms with van der Waals surface area (Å²) in [6.07, 6.45) is 2.44. The average Bonchev–Trinajstić information content (AvgIpc) is 2.38. The van der Waals surface area contributed by atoms with Crippen molar-refractivity contribution in [3.05, 3.63) is 0 Å². The normalized spacial score (nSPS) is 18.4. The van der Waals surface area contributed by atoms with Crippen LogP contribution in [0.25, 0.3) is 0 Å². The first-order valence-electron chi connectivity index (χ1n) is 6.52. The summed E-state index contributed by atoms with van der Waals surface area (Å²) in [5.74, 6) is -0.742. The molecule has 1 rings (SSSR count). The second-order valence-corrected chi connectivity index (χ2v) is 4.80. The minimum atomic E-state index is -0.742. The molecular weight excluding hydrogens is 234 g/mol. The Morgan fingerprint density at radius 2 is 2.00 bits per heavy atom. The predicted molar refractivity (Wildman–Crippen MR) is 68.2 cm³/mol. The lowest BCUT2D eigenvalue weighted by Crippen LogP contribution is -2.49. The van der Waals surface area contributed by atoms with E-state index in [1.54, 1.807) is 4.90 Å². The fourth-order valence-corrected chi connectivity index (χ4v) is 2.27. The van der Waals surface area contributed by atoms with Crippen molar-refractivity contribution < 1.29 is 14.7 Å². The summed E-state index contributed by atoms with van der Waals surface area (Å²) >= 11 is 0. The molecule has 1 fully saturated rings. The smallest absolute Gasteiger partial charge is 0.317 e. The van der Waals surface area contributed by atoms with Gasteiger partial charge in [-0.1, -0.05) is 6.92 Å². The number of nitrogens with one attached hydrogen (secondary N) is 1. The molecule has 0 unspecified atom stereocenters. The van der Waals surface area contributed by atoms with Crippen LogP contribution in [0.15, 0.2) is 0 Å². The second kappa shape index (κ2) is 6.58. The monoisotopic (exact) mass is 257 g/mol. The highest BCUT2D eigenvalue weighted by Crippen LogP contribution is 2.35. The number of hydrogen-bond acceptors (Lipinski definition) is 3. The highest BCUT2D eigenvalue weighted by atomic mass is 16.4. The Morgan fingerprint density at radius 1 is 1.39 bits per heavy atom. The Balaban J connectivity index is 2.43. The number of nitrogens with zero attached hydrogens (tertiary/aromatic N) is 1. The van der Waals surface area contributed by atoms with E-state index in [1.807, 2.05) is 6.92 Å². The molecule has 0 aromatic rings. The van der Waals surface area contributed by atoms with Gasteiger partial charge in [-0.3, -0.25) is 4.79 Å². The van der Waals surface area contributed by atoms with Crippen molar-refractivity contribution >= 4 is 12.0 Å². The molecule has 0 bridgehead atoms. The van der Waals surface area contributed by atoms with E-state index in [2.05, 4.69) is 5.32 Å². The first-order chi connectivity index (χ1) is 8.55. The van der Waals surface area contributed by atoms with E-state index >= 15 is 0 Å². The fourth-order valence-electron chi connectivity index (χ4n) is 2.27. The first-order valence-corrected chi connectivity index (χ1v) is 6.52. The number of urea groups is 1. The molecule has 6 nitrogen and oxygen atoms in total. The number of carboxylic acids is 1. The van der Waals surface area contributed by atoms with Crippen molar-refractivity contribution in [2.75, 3.05) is 26.2 Å². The minimum absolute atomic E-state index is 0.112. The van der Waals surface area contributed by atoms with E-state index in [1.165, 1.54) is 0 Å². The third-order valence-electron chi connectivity index (χ3n) is 3.80. The van der Waals surface area contributed by atoms with Crippen LogP contribution in [-0.2, 0) is 4.79 Å². The molecule has 0 aromatic carbocycles. The highest BCUT2D eigenvalue weighted by molar-refractivity contribution is 5.77. The lowest BCUT2D eigenvalue weighted by molar-refractivity contribution is -0.151. The maximum Gasteiger partial charge on any atom is 0.317 e. The van der Waals surface area contributed by atoms with E-state index in [-0.39, 0.29) is 6.03 Å². The number of hydrogen-bond donors (Lipinski definition) is 3. The maximum atomic E-state index is 11.8. The summed E-state index contributed by atoms with van der Waals surface area (Å²) < 4.78 is 0. The summed E-state index contributed by atoms with van der Waals surface area (Å²) in [6, 6.07) is -0.112. The quantitative estimate of drug-likeness (QED) is 0.629. The van der Waals surface area contributed by atoms with Crippen molar-refractivity contribution in [2.24, 2.45) is 11.1 Å². The number of piperidine rings is 1. The molecule has 0 aliphatic carbocycles. The number of carboxylic acid groups (broad SMARTS) is 1. The van der Waals surface area contributed by atoms with Crippen molar-refractivity contribution in [3.63, 3.8) is 0 Å². The summed E-state index contributed by atoms with van der Waals surface area (Å²) in [5.41, 5.74) is 4.71. The molecule has 0 radical (unpaired) electrons. The van der Waals surface area contributed by atoms with E-state index in [0.29, 0.717) is 45.4 Å². The summed E-state index contributed by atoms with van der Waals surface area (Å²) in [6.45, 7) is 4.04. The second-order valence-electron chi connectivity index (χ2n) is 4.80. The third-order valence-corrected chi connectivity index (χ3v) is 3.80. The predicted octanol–water partition coefficient (Wildman–Crippen LogP) is 0.622. The Labute approximate surface area is 108 Å². The SMILES string of the molecule is CCC1(C(=O)O)CCN(C(=O)NCCCN)CC1. The van der Waals surface area contributed by atoms with E-state index < -0.39 is 11.4 Å². The van der Waals surface area contributed by atoms with Crippen LogP contribution in [0.3, 0.4) is 0 Å². The van der Waals surface area contributed by atoms with Gasteiger partial charge < -0.3 is 21.1 Å².